The van der Waals surface area contributed by atoms with E-state index in [1.807, 2.05) is 26.8 Å². The van der Waals surface area contributed by atoms with Crippen LogP contribution in [-0.2, 0) is 13.0 Å². The predicted molar refractivity (Wildman–Crippen MR) is 125 cm³/mol. The number of aliphatic hydroxyl groups excluding tert-OH is 1. The van der Waals surface area contributed by atoms with E-state index in [1.165, 1.54) is 12.0 Å². The first-order chi connectivity index (χ1) is 15.3. The van der Waals surface area contributed by atoms with Gasteiger partial charge in [0.2, 0.25) is 0 Å². The first-order valence-corrected chi connectivity index (χ1v) is 11.8. The molecule has 1 atom stereocenters. The van der Waals surface area contributed by atoms with Gasteiger partial charge in [-0.15, -0.1) is 0 Å². The van der Waals surface area contributed by atoms with Crippen LogP contribution in [0.4, 0.5) is 0 Å². The van der Waals surface area contributed by atoms with Crippen LogP contribution < -0.4 is 10.3 Å². The number of aliphatic hydroxyl groups is 1. The maximum absolute atomic E-state index is 13.4. The quantitative estimate of drug-likeness (QED) is 0.653. The highest BCUT2D eigenvalue weighted by atomic mass is 35.5. The number of nitrogens with one attached hydrogen (secondary N) is 1. The van der Waals surface area contributed by atoms with Gasteiger partial charge in [0.15, 0.2) is 0 Å². The van der Waals surface area contributed by atoms with Crippen molar-refractivity contribution in [2.45, 2.75) is 58.9 Å². The predicted octanol–water partition coefficient (Wildman–Crippen LogP) is 4.12. The van der Waals surface area contributed by atoms with Gasteiger partial charge in [0.05, 0.1) is 23.7 Å². The second-order valence-corrected chi connectivity index (χ2v) is 9.59. The number of hydrogen-bond acceptors (Lipinski definition) is 4. The van der Waals surface area contributed by atoms with E-state index in [0.29, 0.717) is 47.4 Å². The molecule has 0 unspecified atom stereocenters. The minimum atomic E-state index is -0.179. The van der Waals surface area contributed by atoms with Crippen LogP contribution in [0.15, 0.2) is 16.9 Å². The first-order valence-electron chi connectivity index (χ1n) is 11.4. The summed E-state index contributed by atoms with van der Waals surface area (Å²) in [7, 11) is 0. The van der Waals surface area contributed by atoms with Gasteiger partial charge in [-0.25, -0.2) is 0 Å². The Kier molecular flexibility index (Phi) is 6.63. The lowest BCUT2D eigenvalue weighted by Crippen LogP contribution is -2.39. The molecule has 2 aromatic rings. The third kappa shape index (κ3) is 4.18. The van der Waals surface area contributed by atoms with Gasteiger partial charge in [0.1, 0.15) is 5.75 Å². The van der Waals surface area contributed by atoms with Crippen LogP contribution in [0.1, 0.15) is 70.4 Å². The molecule has 1 aliphatic carbocycles. The number of carbonyl (C=O) groups is 1. The van der Waals surface area contributed by atoms with Crippen LogP contribution in [0, 0.1) is 19.8 Å². The zero-order chi connectivity index (χ0) is 23.0. The van der Waals surface area contributed by atoms with Gasteiger partial charge < -0.3 is 19.7 Å². The van der Waals surface area contributed by atoms with Crippen molar-refractivity contribution < 1.29 is 14.6 Å². The summed E-state index contributed by atoms with van der Waals surface area (Å²) in [6, 6.07) is 3.67. The Morgan fingerprint density at radius 1 is 1.28 bits per heavy atom. The van der Waals surface area contributed by atoms with Gasteiger partial charge in [-0.2, -0.15) is 0 Å². The SMILES string of the molecule is Cc1[nH]c(=O)c(CN2CCc3ccc(OC[C@H](C)CO)c(Cl)c3C2=O)c(C)c1C1CCC1. The molecule has 2 aliphatic rings. The van der Waals surface area contributed by atoms with E-state index in [1.54, 1.807) is 11.0 Å². The van der Waals surface area contributed by atoms with E-state index in [9.17, 15) is 14.7 Å². The highest BCUT2D eigenvalue weighted by Crippen LogP contribution is 2.40. The van der Waals surface area contributed by atoms with Crippen LogP contribution in [0.3, 0.4) is 0 Å². The Morgan fingerprint density at radius 3 is 2.69 bits per heavy atom. The highest BCUT2D eigenvalue weighted by molar-refractivity contribution is 6.35. The van der Waals surface area contributed by atoms with E-state index in [0.717, 1.165) is 29.7 Å². The molecule has 0 saturated heterocycles. The molecule has 1 saturated carbocycles. The molecule has 1 aliphatic heterocycles. The number of aromatic amines is 1. The third-order valence-electron chi connectivity index (χ3n) is 6.88. The minimum absolute atomic E-state index is 0.0164. The van der Waals surface area contributed by atoms with Gasteiger partial charge >= 0.3 is 0 Å². The number of ether oxygens (including phenoxy) is 1. The number of H-pyrrole nitrogens is 1. The number of pyridine rings is 1. The van der Waals surface area contributed by atoms with Crippen molar-refractivity contribution in [3.05, 3.63) is 61.0 Å². The highest BCUT2D eigenvalue weighted by Gasteiger charge is 2.31. The molecule has 1 fully saturated rings. The Bertz CT molecular complexity index is 1090. The van der Waals surface area contributed by atoms with Crippen molar-refractivity contribution >= 4 is 17.5 Å². The van der Waals surface area contributed by atoms with Crippen LogP contribution in [0.2, 0.25) is 5.02 Å². The van der Waals surface area contributed by atoms with Crippen LogP contribution in [0.5, 0.6) is 5.75 Å². The second kappa shape index (κ2) is 9.28. The van der Waals surface area contributed by atoms with E-state index in [-0.39, 0.29) is 30.5 Å². The summed E-state index contributed by atoms with van der Waals surface area (Å²) in [6.45, 7) is 6.98. The summed E-state index contributed by atoms with van der Waals surface area (Å²) in [6.07, 6.45) is 4.19. The number of nitrogens with zero attached hydrogens (tertiary/aromatic N) is 1. The molecule has 172 valence electrons. The summed E-state index contributed by atoms with van der Waals surface area (Å²) < 4.78 is 5.75. The fourth-order valence-electron chi connectivity index (χ4n) is 4.72. The number of rotatable bonds is 7. The van der Waals surface area contributed by atoms with E-state index < -0.39 is 0 Å². The van der Waals surface area contributed by atoms with Crippen molar-refractivity contribution in [1.29, 1.82) is 0 Å². The van der Waals surface area contributed by atoms with Crippen LogP contribution >= 0.6 is 11.6 Å². The molecule has 6 nitrogen and oxygen atoms in total. The maximum atomic E-state index is 13.4. The van der Waals surface area contributed by atoms with Gasteiger partial charge in [-0.1, -0.05) is 31.0 Å². The number of amides is 1. The fourth-order valence-corrected chi connectivity index (χ4v) is 5.04. The summed E-state index contributed by atoms with van der Waals surface area (Å²) >= 11 is 6.59. The Hall–Kier alpha value is -2.31. The van der Waals surface area contributed by atoms with Crippen molar-refractivity contribution in [1.82, 2.24) is 9.88 Å². The number of aromatic nitrogens is 1. The van der Waals surface area contributed by atoms with Gasteiger partial charge in [-0.3, -0.25) is 9.59 Å². The van der Waals surface area contributed by atoms with E-state index in [2.05, 4.69) is 4.98 Å². The Labute approximate surface area is 193 Å². The number of carbonyl (C=O) groups excluding carboxylic acids is 1. The molecule has 4 rings (SSSR count). The number of fused-ring (bicyclic) bond motifs is 1. The lowest BCUT2D eigenvalue weighted by Gasteiger charge is -2.32. The molecule has 0 bridgehead atoms. The fraction of sp³-hybridized carbons (Fsp3) is 0.520. The van der Waals surface area contributed by atoms with Crippen molar-refractivity contribution in [2.75, 3.05) is 19.8 Å². The molecule has 32 heavy (non-hydrogen) atoms. The normalized spacial score (nSPS) is 17.2. The van der Waals surface area contributed by atoms with Crippen molar-refractivity contribution in [3.63, 3.8) is 0 Å². The monoisotopic (exact) mass is 458 g/mol. The summed E-state index contributed by atoms with van der Waals surface area (Å²) in [5.41, 5.74) is 5.07. The van der Waals surface area contributed by atoms with Crippen molar-refractivity contribution in [3.8, 4) is 5.75 Å². The lowest BCUT2D eigenvalue weighted by atomic mass is 9.77. The maximum Gasteiger partial charge on any atom is 0.256 e. The molecule has 2 heterocycles. The number of benzene rings is 1. The molecule has 0 radical (unpaired) electrons. The second-order valence-electron chi connectivity index (χ2n) is 9.21. The van der Waals surface area contributed by atoms with Crippen LogP contribution in [-0.4, -0.2) is 40.7 Å². The number of halogens is 1. The van der Waals surface area contributed by atoms with Gasteiger partial charge in [0, 0.05) is 30.3 Å². The molecule has 7 heteroatoms. The smallest absolute Gasteiger partial charge is 0.256 e. The zero-order valence-corrected chi connectivity index (χ0v) is 19.7. The summed E-state index contributed by atoms with van der Waals surface area (Å²) in [5, 5.41) is 9.52. The summed E-state index contributed by atoms with van der Waals surface area (Å²) in [5.74, 6) is 0.730. The molecule has 0 spiro atoms. The lowest BCUT2D eigenvalue weighted by molar-refractivity contribution is 0.0725. The van der Waals surface area contributed by atoms with Gasteiger partial charge in [0.25, 0.3) is 11.5 Å². The minimum Gasteiger partial charge on any atom is -0.492 e. The van der Waals surface area contributed by atoms with E-state index in [4.69, 9.17) is 16.3 Å². The molecular weight excluding hydrogens is 428 g/mol. The van der Waals surface area contributed by atoms with Crippen LogP contribution in [0.25, 0.3) is 0 Å². The number of hydrogen-bond donors (Lipinski definition) is 2. The molecule has 1 aromatic carbocycles. The van der Waals surface area contributed by atoms with E-state index >= 15 is 0 Å². The topological polar surface area (TPSA) is 82.6 Å². The number of aryl methyl sites for hydroxylation is 1. The molecule has 2 N–H and O–H groups in total. The molecule has 1 amide bonds. The Balaban J connectivity index is 1.61. The van der Waals surface area contributed by atoms with Crippen molar-refractivity contribution in [2.24, 2.45) is 5.92 Å². The first kappa shape index (κ1) is 22.9. The van der Waals surface area contributed by atoms with Gasteiger partial charge in [-0.05, 0) is 61.8 Å². The standard InChI is InChI=1S/C25H31ClN2O4/c1-14(12-29)13-32-20-8-7-18-9-10-28(25(31)22(18)23(20)26)11-19-15(2)21(17-5-4-6-17)16(3)27-24(19)30/h7-8,14,17,29H,4-6,9-13H2,1-3H3,(H,27,30)/t14-/m1/s1. The Morgan fingerprint density at radius 2 is 2.03 bits per heavy atom. The third-order valence-corrected chi connectivity index (χ3v) is 7.25. The molecular formula is C25H31ClN2O4. The average molecular weight is 459 g/mol. The summed E-state index contributed by atoms with van der Waals surface area (Å²) in [4.78, 5) is 30.9. The largest absolute Gasteiger partial charge is 0.492 e. The zero-order valence-electron chi connectivity index (χ0n) is 19.0. The molecule has 1 aromatic heterocycles. The average Bonchev–Trinajstić information content (AvgIpc) is 2.73.